The summed E-state index contributed by atoms with van der Waals surface area (Å²) in [6.45, 7) is 6.76. The highest BCUT2D eigenvalue weighted by molar-refractivity contribution is 14.0. The first-order valence-corrected chi connectivity index (χ1v) is 6.58. The molecular weight excluding hydrogens is 327 g/mol. The molecule has 17 heavy (non-hydrogen) atoms. The molecular formula is C12H25IN4. The first kappa shape index (κ1) is 15.0. The lowest BCUT2D eigenvalue weighted by Gasteiger charge is -2.21. The first-order chi connectivity index (χ1) is 7.86. The number of likely N-dealkylation sites (tertiary alicyclic amines) is 1. The lowest BCUT2D eigenvalue weighted by atomic mass is 10.2. The summed E-state index contributed by atoms with van der Waals surface area (Å²) in [4.78, 5) is 9.21. The lowest BCUT2D eigenvalue weighted by Crippen LogP contribution is -2.40. The molecule has 0 atom stereocenters. The average Bonchev–Trinajstić information content (AvgIpc) is 2.55. The molecule has 0 aromatic heterocycles. The number of nitrogens with one attached hydrogen (secondary N) is 1. The molecule has 0 aliphatic carbocycles. The van der Waals surface area contributed by atoms with Crippen molar-refractivity contribution in [2.75, 3.05) is 46.3 Å². The zero-order valence-corrected chi connectivity index (χ0v) is 13.2. The van der Waals surface area contributed by atoms with Gasteiger partial charge in [0.25, 0.3) is 0 Å². The molecule has 0 saturated carbocycles. The van der Waals surface area contributed by atoms with Crippen LogP contribution >= 0.6 is 24.0 Å². The second kappa shape index (κ2) is 8.13. The maximum absolute atomic E-state index is 4.43. The van der Waals surface area contributed by atoms with Crippen molar-refractivity contribution in [2.24, 2.45) is 4.99 Å². The van der Waals surface area contributed by atoms with E-state index in [2.05, 4.69) is 27.2 Å². The Bertz CT molecular complexity index is 237. The summed E-state index contributed by atoms with van der Waals surface area (Å²) in [5, 5.41) is 3.43. The van der Waals surface area contributed by atoms with Gasteiger partial charge in [0.05, 0.1) is 6.54 Å². The molecule has 1 N–H and O–H groups in total. The van der Waals surface area contributed by atoms with Gasteiger partial charge in [0, 0.05) is 26.7 Å². The lowest BCUT2D eigenvalue weighted by molar-refractivity contribution is 0.288. The summed E-state index contributed by atoms with van der Waals surface area (Å²) in [5.41, 5.74) is 0. The monoisotopic (exact) mass is 352 g/mol. The molecule has 0 spiro atoms. The Balaban J connectivity index is 0.00000144. The van der Waals surface area contributed by atoms with Crippen molar-refractivity contribution < 1.29 is 0 Å². The summed E-state index contributed by atoms with van der Waals surface area (Å²) in [6.07, 6.45) is 5.58. The number of hydrogen-bond acceptors (Lipinski definition) is 4. The van der Waals surface area contributed by atoms with Crippen molar-refractivity contribution in [3.63, 3.8) is 0 Å². The molecule has 2 heterocycles. The van der Waals surface area contributed by atoms with Crippen molar-refractivity contribution in [3.05, 3.63) is 0 Å². The zero-order valence-electron chi connectivity index (χ0n) is 10.8. The quantitative estimate of drug-likeness (QED) is 0.779. The highest BCUT2D eigenvalue weighted by Crippen LogP contribution is 2.08. The van der Waals surface area contributed by atoms with Gasteiger partial charge in [-0.3, -0.25) is 4.99 Å². The Morgan fingerprint density at radius 1 is 1.12 bits per heavy atom. The van der Waals surface area contributed by atoms with Crippen LogP contribution in [-0.2, 0) is 0 Å². The molecule has 0 amide bonds. The van der Waals surface area contributed by atoms with Crippen LogP contribution in [0.1, 0.15) is 25.7 Å². The molecule has 0 unspecified atom stereocenters. The first-order valence-electron chi connectivity index (χ1n) is 6.58. The van der Waals surface area contributed by atoms with Crippen LogP contribution in [0.5, 0.6) is 0 Å². The fourth-order valence-corrected chi connectivity index (χ4v) is 2.41. The molecule has 0 bridgehead atoms. The molecule has 2 rings (SSSR count). The van der Waals surface area contributed by atoms with E-state index >= 15 is 0 Å². The van der Waals surface area contributed by atoms with Gasteiger partial charge in [0.2, 0.25) is 0 Å². The number of hydrogen-bond donors (Lipinski definition) is 1. The smallest absolute Gasteiger partial charge is 0.193 e. The van der Waals surface area contributed by atoms with Crippen LogP contribution in [-0.4, -0.2) is 62.1 Å². The van der Waals surface area contributed by atoms with E-state index in [0.29, 0.717) is 0 Å². The molecule has 4 nitrogen and oxygen atoms in total. The van der Waals surface area contributed by atoms with E-state index in [4.69, 9.17) is 0 Å². The fraction of sp³-hybridized carbons (Fsp3) is 0.917. The van der Waals surface area contributed by atoms with E-state index in [0.717, 1.165) is 32.1 Å². The van der Waals surface area contributed by atoms with Gasteiger partial charge in [-0.15, -0.1) is 24.0 Å². The van der Waals surface area contributed by atoms with E-state index in [1.54, 1.807) is 0 Å². The molecule has 0 aromatic carbocycles. The van der Waals surface area contributed by atoms with Gasteiger partial charge >= 0.3 is 0 Å². The summed E-state index contributed by atoms with van der Waals surface area (Å²) < 4.78 is 0. The maximum atomic E-state index is 4.43. The van der Waals surface area contributed by atoms with Crippen molar-refractivity contribution in [2.45, 2.75) is 25.7 Å². The number of likely N-dealkylation sites (N-methyl/N-ethyl adjacent to an activating group) is 1. The molecule has 1 fully saturated rings. The van der Waals surface area contributed by atoms with Gasteiger partial charge in [0.1, 0.15) is 0 Å². The Hall–Kier alpha value is -0.0400. The Morgan fingerprint density at radius 3 is 2.41 bits per heavy atom. The summed E-state index contributed by atoms with van der Waals surface area (Å²) in [6, 6.07) is 0. The van der Waals surface area contributed by atoms with Crippen LogP contribution in [0.15, 0.2) is 4.99 Å². The van der Waals surface area contributed by atoms with Crippen molar-refractivity contribution in [1.29, 1.82) is 0 Å². The molecule has 0 radical (unpaired) electrons. The predicted molar refractivity (Wildman–Crippen MR) is 83.3 cm³/mol. The molecule has 2 aliphatic heterocycles. The van der Waals surface area contributed by atoms with E-state index in [-0.39, 0.29) is 24.0 Å². The van der Waals surface area contributed by atoms with E-state index in [1.165, 1.54) is 38.8 Å². The van der Waals surface area contributed by atoms with Gasteiger partial charge in [-0.2, -0.15) is 0 Å². The standard InChI is InChI=1S/C12H24N4.HI/c1-15-10-6-13-12(15)14-7-11-16-8-4-2-3-5-9-16;/h2-11H2,1H3,(H,13,14);1H. The van der Waals surface area contributed by atoms with Crippen molar-refractivity contribution in [1.82, 2.24) is 15.1 Å². The minimum absolute atomic E-state index is 0. The normalized spacial score (nSPS) is 21.7. The number of aliphatic imine (C=N–C) groups is 1. The van der Waals surface area contributed by atoms with Crippen LogP contribution < -0.4 is 5.32 Å². The van der Waals surface area contributed by atoms with Crippen LogP contribution in [0.3, 0.4) is 0 Å². The maximum Gasteiger partial charge on any atom is 0.193 e. The Labute approximate surface area is 122 Å². The van der Waals surface area contributed by atoms with Crippen LogP contribution in [0, 0.1) is 0 Å². The Kier molecular flexibility index (Phi) is 7.18. The molecule has 1 saturated heterocycles. The second-order valence-electron chi connectivity index (χ2n) is 4.81. The van der Waals surface area contributed by atoms with Gasteiger partial charge in [-0.05, 0) is 25.9 Å². The molecule has 2 aliphatic rings. The van der Waals surface area contributed by atoms with E-state index < -0.39 is 0 Å². The topological polar surface area (TPSA) is 30.9 Å². The molecule has 5 heteroatoms. The third kappa shape index (κ3) is 4.99. The molecule has 100 valence electrons. The van der Waals surface area contributed by atoms with Crippen LogP contribution in [0.4, 0.5) is 0 Å². The van der Waals surface area contributed by atoms with Crippen LogP contribution in [0.2, 0.25) is 0 Å². The summed E-state index contributed by atoms with van der Waals surface area (Å²) in [5.74, 6) is 1.08. The fourth-order valence-electron chi connectivity index (χ4n) is 2.41. The number of nitrogens with zero attached hydrogens (tertiary/aromatic N) is 3. The van der Waals surface area contributed by atoms with Gasteiger partial charge in [-0.1, -0.05) is 12.8 Å². The SMILES string of the molecule is CN1CCN=C1NCCN1CCCCCC1.I. The van der Waals surface area contributed by atoms with E-state index in [1.807, 2.05) is 0 Å². The highest BCUT2D eigenvalue weighted by Gasteiger charge is 2.12. The zero-order chi connectivity index (χ0) is 11.2. The van der Waals surface area contributed by atoms with Gasteiger partial charge in [0.15, 0.2) is 5.96 Å². The van der Waals surface area contributed by atoms with Crippen molar-refractivity contribution in [3.8, 4) is 0 Å². The third-order valence-electron chi connectivity index (χ3n) is 3.47. The Morgan fingerprint density at radius 2 is 1.82 bits per heavy atom. The summed E-state index contributed by atoms with van der Waals surface area (Å²) in [7, 11) is 2.10. The number of guanidine groups is 1. The third-order valence-corrected chi connectivity index (χ3v) is 3.47. The highest BCUT2D eigenvalue weighted by atomic mass is 127. The minimum atomic E-state index is 0. The minimum Gasteiger partial charge on any atom is -0.355 e. The number of rotatable bonds is 3. The predicted octanol–water partition coefficient (Wildman–Crippen LogP) is 1.37. The average molecular weight is 352 g/mol. The second-order valence-corrected chi connectivity index (χ2v) is 4.81. The summed E-state index contributed by atoms with van der Waals surface area (Å²) >= 11 is 0. The molecule has 0 aromatic rings. The van der Waals surface area contributed by atoms with Gasteiger partial charge in [-0.25, -0.2) is 0 Å². The van der Waals surface area contributed by atoms with Crippen LogP contribution in [0.25, 0.3) is 0 Å². The van der Waals surface area contributed by atoms with Crippen molar-refractivity contribution >= 4 is 29.9 Å². The number of halogens is 1. The van der Waals surface area contributed by atoms with E-state index in [9.17, 15) is 0 Å². The van der Waals surface area contributed by atoms with Gasteiger partial charge < -0.3 is 15.1 Å². The largest absolute Gasteiger partial charge is 0.355 e.